The lowest BCUT2D eigenvalue weighted by Gasteiger charge is -2.29. The fourth-order valence-electron chi connectivity index (χ4n) is 3.59. The number of carbonyl (C=O) groups excluding carboxylic acids is 1. The summed E-state index contributed by atoms with van der Waals surface area (Å²) in [6, 6.07) is 16.4. The summed E-state index contributed by atoms with van der Waals surface area (Å²) in [5, 5.41) is 11.7. The number of carboxylic acids is 1. The van der Waals surface area contributed by atoms with E-state index < -0.39 is 17.6 Å². The van der Waals surface area contributed by atoms with Gasteiger partial charge in [-0.1, -0.05) is 55.5 Å². The molecule has 1 amide bonds. The van der Waals surface area contributed by atoms with Gasteiger partial charge in [-0.3, -0.25) is 4.79 Å². The molecule has 3 rings (SSSR count). The Kier molecular flexibility index (Phi) is 5.49. The van der Waals surface area contributed by atoms with Gasteiger partial charge in [-0.2, -0.15) is 0 Å². The van der Waals surface area contributed by atoms with Crippen LogP contribution in [0.3, 0.4) is 0 Å². The molecule has 1 aliphatic rings. The number of benzene rings is 2. The second-order valence-electron chi connectivity index (χ2n) is 7.26. The van der Waals surface area contributed by atoms with Gasteiger partial charge in [-0.15, -0.1) is 0 Å². The minimum atomic E-state index is -0.871. The number of fused-ring (bicyclic) bond motifs is 3. The quantitative estimate of drug-likeness (QED) is 0.752. The van der Waals surface area contributed by atoms with Gasteiger partial charge in [-0.25, -0.2) is 4.79 Å². The fourth-order valence-corrected chi connectivity index (χ4v) is 3.59. The minimum absolute atomic E-state index is 0.00793. The van der Waals surface area contributed by atoms with Crippen molar-refractivity contribution in [1.82, 2.24) is 5.32 Å². The summed E-state index contributed by atoms with van der Waals surface area (Å²) in [6.45, 7) is 4.02. The van der Waals surface area contributed by atoms with E-state index in [4.69, 9.17) is 9.84 Å². The highest BCUT2D eigenvalue weighted by Crippen LogP contribution is 2.44. The van der Waals surface area contributed by atoms with Crippen molar-refractivity contribution < 1.29 is 19.4 Å². The van der Waals surface area contributed by atoms with Gasteiger partial charge in [0.15, 0.2) is 0 Å². The van der Waals surface area contributed by atoms with Gasteiger partial charge in [0.05, 0.1) is 0 Å². The van der Waals surface area contributed by atoms with E-state index in [2.05, 4.69) is 29.6 Å². The highest BCUT2D eigenvalue weighted by atomic mass is 16.5. The minimum Gasteiger partial charge on any atom is -0.481 e. The lowest BCUT2D eigenvalue weighted by atomic mass is 9.93. The zero-order chi connectivity index (χ0) is 19.4. The van der Waals surface area contributed by atoms with Crippen molar-refractivity contribution in [3.63, 3.8) is 0 Å². The molecule has 0 heterocycles. The number of ether oxygens (including phenoxy) is 1. The monoisotopic (exact) mass is 367 g/mol. The van der Waals surface area contributed by atoms with E-state index in [9.17, 15) is 9.59 Å². The number of aliphatic carboxylic acids is 1. The molecule has 0 saturated carbocycles. The van der Waals surface area contributed by atoms with Gasteiger partial charge in [0.1, 0.15) is 6.61 Å². The SMILES string of the molecule is CCC(C)(CCC(=O)O)NC(=O)OCC1c2ccccc2-c2ccccc21. The highest BCUT2D eigenvalue weighted by Gasteiger charge is 2.30. The zero-order valence-corrected chi connectivity index (χ0v) is 15.7. The number of nitrogens with one attached hydrogen (secondary N) is 1. The van der Waals surface area contributed by atoms with Crippen LogP contribution >= 0.6 is 0 Å². The first-order valence-corrected chi connectivity index (χ1v) is 9.28. The Morgan fingerprint density at radius 3 is 2.15 bits per heavy atom. The average Bonchev–Trinajstić information content (AvgIpc) is 2.99. The number of hydrogen-bond donors (Lipinski definition) is 2. The molecule has 2 aromatic carbocycles. The van der Waals surface area contributed by atoms with Crippen LogP contribution in [0.15, 0.2) is 48.5 Å². The van der Waals surface area contributed by atoms with Gasteiger partial charge >= 0.3 is 12.1 Å². The van der Waals surface area contributed by atoms with Crippen LogP contribution in [0.4, 0.5) is 4.79 Å². The van der Waals surface area contributed by atoms with Crippen molar-refractivity contribution in [2.75, 3.05) is 6.61 Å². The molecular formula is C22H25NO4. The first-order valence-electron chi connectivity index (χ1n) is 9.28. The van der Waals surface area contributed by atoms with Crippen molar-refractivity contribution in [1.29, 1.82) is 0 Å². The van der Waals surface area contributed by atoms with Gasteiger partial charge in [0.2, 0.25) is 0 Å². The lowest BCUT2D eigenvalue weighted by molar-refractivity contribution is -0.137. The third-order valence-corrected chi connectivity index (χ3v) is 5.42. The maximum absolute atomic E-state index is 12.4. The molecule has 0 aliphatic heterocycles. The van der Waals surface area contributed by atoms with Gasteiger partial charge in [0.25, 0.3) is 0 Å². The van der Waals surface area contributed by atoms with Gasteiger partial charge < -0.3 is 15.2 Å². The summed E-state index contributed by atoms with van der Waals surface area (Å²) in [6.07, 6.45) is 0.494. The molecule has 1 atom stereocenters. The van der Waals surface area contributed by atoms with Crippen molar-refractivity contribution in [3.8, 4) is 11.1 Å². The number of rotatable bonds is 7. The van der Waals surface area contributed by atoms with Gasteiger partial charge in [-0.05, 0) is 42.0 Å². The molecule has 0 fully saturated rings. The van der Waals surface area contributed by atoms with Crippen molar-refractivity contribution in [3.05, 3.63) is 59.7 Å². The molecule has 5 heteroatoms. The Bertz CT molecular complexity index is 802. The Hall–Kier alpha value is -2.82. The van der Waals surface area contributed by atoms with Crippen molar-refractivity contribution in [2.24, 2.45) is 0 Å². The third kappa shape index (κ3) is 4.13. The van der Waals surface area contributed by atoms with Crippen LogP contribution < -0.4 is 5.32 Å². The standard InChI is InChI=1S/C22H25NO4/c1-3-22(2,13-12-20(24)25)23-21(26)27-14-19-17-10-6-4-8-15(17)16-9-5-7-11-18(16)19/h4-11,19H,3,12-14H2,1-2H3,(H,23,26)(H,24,25). The predicted molar refractivity (Wildman–Crippen MR) is 104 cm³/mol. The molecule has 1 aliphatic carbocycles. The number of hydrogen-bond acceptors (Lipinski definition) is 3. The number of alkyl carbamates (subject to hydrolysis) is 1. The molecule has 2 aromatic rings. The third-order valence-electron chi connectivity index (χ3n) is 5.42. The Balaban J connectivity index is 1.68. The molecule has 27 heavy (non-hydrogen) atoms. The largest absolute Gasteiger partial charge is 0.481 e. The van der Waals surface area contributed by atoms with E-state index in [-0.39, 0.29) is 18.9 Å². The van der Waals surface area contributed by atoms with Crippen LogP contribution in [-0.2, 0) is 9.53 Å². The molecule has 0 radical (unpaired) electrons. The summed E-state index contributed by atoms with van der Waals surface area (Å²) in [7, 11) is 0. The van der Waals surface area contributed by atoms with E-state index >= 15 is 0 Å². The van der Waals surface area contributed by atoms with E-state index in [1.165, 1.54) is 11.1 Å². The first kappa shape index (κ1) is 19.0. The van der Waals surface area contributed by atoms with E-state index in [0.29, 0.717) is 12.8 Å². The molecule has 2 N–H and O–H groups in total. The first-order chi connectivity index (χ1) is 12.9. The second-order valence-corrected chi connectivity index (χ2v) is 7.26. The average molecular weight is 367 g/mol. The maximum Gasteiger partial charge on any atom is 0.407 e. The second kappa shape index (κ2) is 7.82. The molecular weight excluding hydrogens is 342 g/mol. The van der Waals surface area contributed by atoms with Crippen LogP contribution in [0, 0.1) is 0 Å². The van der Waals surface area contributed by atoms with Gasteiger partial charge in [0, 0.05) is 17.9 Å². The molecule has 1 unspecified atom stereocenters. The van der Waals surface area contributed by atoms with Crippen LogP contribution in [0.5, 0.6) is 0 Å². The molecule has 0 bridgehead atoms. The summed E-state index contributed by atoms with van der Waals surface area (Å²) >= 11 is 0. The fraction of sp³-hybridized carbons (Fsp3) is 0.364. The zero-order valence-electron chi connectivity index (χ0n) is 15.7. The van der Waals surface area contributed by atoms with Crippen LogP contribution in [-0.4, -0.2) is 29.3 Å². The Morgan fingerprint density at radius 1 is 1.07 bits per heavy atom. The molecule has 0 aromatic heterocycles. The van der Waals surface area contributed by atoms with Crippen molar-refractivity contribution in [2.45, 2.75) is 44.6 Å². The number of carbonyl (C=O) groups is 2. The topological polar surface area (TPSA) is 75.6 Å². The van der Waals surface area contributed by atoms with E-state index in [0.717, 1.165) is 11.1 Å². The summed E-state index contributed by atoms with van der Waals surface area (Å²) < 4.78 is 5.55. The number of carboxylic acid groups (broad SMARTS) is 1. The van der Waals surface area contributed by atoms with Crippen LogP contribution in [0.1, 0.15) is 50.2 Å². The summed E-state index contributed by atoms with van der Waals surface area (Å²) in [5.74, 6) is -0.862. The van der Waals surface area contributed by atoms with Crippen molar-refractivity contribution >= 4 is 12.1 Å². The lowest BCUT2D eigenvalue weighted by Crippen LogP contribution is -2.46. The van der Waals surface area contributed by atoms with Crippen LogP contribution in [0.2, 0.25) is 0 Å². The van der Waals surface area contributed by atoms with E-state index in [1.807, 2.05) is 38.1 Å². The highest BCUT2D eigenvalue weighted by molar-refractivity contribution is 5.79. The smallest absolute Gasteiger partial charge is 0.407 e. The predicted octanol–water partition coefficient (Wildman–Crippen LogP) is 4.56. The number of amides is 1. The Morgan fingerprint density at radius 2 is 1.63 bits per heavy atom. The van der Waals surface area contributed by atoms with Crippen LogP contribution in [0.25, 0.3) is 11.1 Å². The molecule has 0 saturated heterocycles. The molecule has 142 valence electrons. The summed E-state index contributed by atoms with van der Waals surface area (Å²) in [4.78, 5) is 23.2. The molecule has 5 nitrogen and oxygen atoms in total. The summed E-state index contributed by atoms with van der Waals surface area (Å²) in [5.41, 5.74) is 4.09. The van der Waals surface area contributed by atoms with E-state index in [1.54, 1.807) is 0 Å². The maximum atomic E-state index is 12.4. The Labute approximate surface area is 159 Å². The normalized spacial score (nSPS) is 14.7. The molecule has 0 spiro atoms.